The fraction of sp³-hybridized carbons (Fsp3) is 0.0714. The Hall–Kier alpha value is -4.18. The van der Waals surface area contributed by atoms with Crippen molar-refractivity contribution in [3.63, 3.8) is 0 Å². The number of aliphatic carboxylic acids is 2. The van der Waals surface area contributed by atoms with Gasteiger partial charge in [-0.2, -0.15) is 0 Å². The van der Waals surface area contributed by atoms with E-state index in [1.165, 1.54) is 27.6 Å². The Labute approximate surface area is 185 Å². The lowest BCUT2D eigenvalue weighted by atomic mass is 9.79. The summed E-state index contributed by atoms with van der Waals surface area (Å²) in [6.45, 7) is 0. The van der Waals surface area contributed by atoms with Gasteiger partial charge in [0.25, 0.3) is 0 Å². The van der Waals surface area contributed by atoms with Crippen molar-refractivity contribution in [3.05, 3.63) is 115 Å². The molecule has 0 aromatic heterocycles. The molecule has 0 fully saturated rings. The Morgan fingerprint density at radius 1 is 0.656 bits per heavy atom. The van der Waals surface area contributed by atoms with Gasteiger partial charge >= 0.3 is 11.9 Å². The molecule has 0 spiro atoms. The molecule has 1 aliphatic rings. The van der Waals surface area contributed by atoms with Crippen LogP contribution in [-0.2, 0) is 9.59 Å². The normalized spacial score (nSPS) is 14.3. The summed E-state index contributed by atoms with van der Waals surface area (Å²) in [7, 11) is 0. The van der Waals surface area contributed by atoms with E-state index in [-0.39, 0.29) is 6.42 Å². The Bertz CT molecular complexity index is 1230. The smallest absolute Gasteiger partial charge is 0.325 e. The van der Waals surface area contributed by atoms with Crippen LogP contribution in [-0.4, -0.2) is 22.2 Å². The molecule has 0 heterocycles. The third kappa shape index (κ3) is 4.16. The maximum Gasteiger partial charge on any atom is 0.325 e. The van der Waals surface area contributed by atoms with Gasteiger partial charge in [0.05, 0.1) is 0 Å². The number of fused-ring (bicyclic) bond motifs is 2. The van der Waals surface area contributed by atoms with Gasteiger partial charge in [-0.15, -0.1) is 0 Å². The van der Waals surface area contributed by atoms with Gasteiger partial charge in [-0.1, -0.05) is 97.1 Å². The third-order valence-electron chi connectivity index (χ3n) is 5.68. The quantitative estimate of drug-likeness (QED) is 0.305. The second-order valence-electron chi connectivity index (χ2n) is 7.69. The molecule has 4 nitrogen and oxygen atoms in total. The molecule has 0 bridgehead atoms. The number of hydrogen-bond donors (Lipinski definition) is 2. The zero-order valence-electron chi connectivity index (χ0n) is 17.3. The fourth-order valence-electron chi connectivity index (χ4n) is 3.78. The predicted molar refractivity (Wildman–Crippen MR) is 127 cm³/mol. The van der Waals surface area contributed by atoms with Gasteiger partial charge in [0, 0.05) is 0 Å². The number of carbonyl (C=O) groups is 2. The molecule has 4 aromatic carbocycles. The van der Waals surface area contributed by atoms with E-state index in [0.717, 1.165) is 11.1 Å². The summed E-state index contributed by atoms with van der Waals surface area (Å²) < 4.78 is 0. The van der Waals surface area contributed by atoms with E-state index in [9.17, 15) is 9.59 Å². The molecule has 0 aliphatic heterocycles. The monoisotopic (exact) mass is 422 g/mol. The predicted octanol–water partition coefficient (Wildman–Crippen LogP) is 6.18. The fourth-order valence-corrected chi connectivity index (χ4v) is 3.78. The molecular formula is C28H22O4. The highest BCUT2D eigenvalue weighted by Crippen LogP contribution is 2.33. The average molecular weight is 422 g/mol. The summed E-state index contributed by atoms with van der Waals surface area (Å²) in [4.78, 5) is 22.2. The number of carboxylic acids is 2. The molecule has 4 aromatic rings. The standard InChI is InChI=1S/C14H12O4.C14H10/c15-12(16)14(13(17)18)8-6-11(7-9-14)10-4-2-1-3-5-10;1-2-6-12-10-14-8-4-3-7-13(14)9-11(12)5-1/h1-8H,9H2,(H,15,16)(H,17,18);1-10H. The van der Waals surface area contributed by atoms with Gasteiger partial charge in [-0.05, 0) is 51.2 Å². The van der Waals surface area contributed by atoms with E-state index in [1.807, 2.05) is 30.3 Å². The molecule has 0 radical (unpaired) electrons. The number of carboxylic acid groups (broad SMARTS) is 2. The first-order valence-electron chi connectivity index (χ1n) is 10.3. The van der Waals surface area contributed by atoms with Gasteiger partial charge in [-0.3, -0.25) is 9.59 Å². The first kappa shape index (κ1) is 21.1. The number of benzene rings is 4. The lowest BCUT2D eigenvalue weighted by molar-refractivity contribution is -0.160. The van der Waals surface area contributed by atoms with Crippen molar-refractivity contribution in [1.29, 1.82) is 0 Å². The highest BCUT2D eigenvalue weighted by atomic mass is 16.4. The average Bonchev–Trinajstić information content (AvgIpc) is 2.83. The van der Waals surface area contributed by atoms with E-state index >= 15 is 0 Å². The van der Waals surface area contributed by atoms with E-state index in [1.54, 1.807) is 12.2 Å². The summed E-state index contributed by atoms with van der Waals surface area (Å²) in [5, 5.41) is 23.4. The highest BCUT2D eigenvalue weighted by molar-refractivity contribution is 6.02. The zero-order chi connectivity index (χ0) is 22.6. The molecule has 0 saturated carbocycles. The summed E-state index contributed by atoms with van der Waals surface area (Å²) in [5.41, 5.74) is -0.0509. The summed E-state index contributed by atoms with van der Waals surface area (Å²) in [6, 6.07) is 30.8. The van der Waals surface area contributed by atoms with Crippen LogP contribution >= 0.6 is 0 Å². The van der Waals surface area contributed by atoms with Crippen LogP contribution in [0.3, 0.4) is 0 Å². The van der Waals surface area contributed by atoms with Crippen molar-refractivity contribution < 1.29 is 19.8 Å². The van der Waals surface area contributed by atoms with Crippen molar-refractivity contribution in [2.45, 2.75) is 6.42 Å². The first-order valence-corrected chi connectivity index (χ1v) is 10.3. The molecule has 0 amide bonds. The second-order valence-corrected chi connectivity index (χ2v) is 7.69. The topological polar surface area (TPSA) is 74.6 Å². The Kier molecular flexibility index (Phi) is 5.86. The van der Waals surface area contributed by atoms with Crippen molar-refractivity contribution in [2.24, 2.45) is 5.41 Å². The molecule has 0 unspecified atom stereocenters. The van der Waals surface area contributed by atoms with Crippen molar-refractivity contribution in [3.8, 4) is 0 Å². The lowest BCUT2D eigenvalue weighted by Crippen LogP contribution is -2.38. The van der Waals surface area contributed by atoms with Gasteiger partial charge < -0.3 is 10.2 Å². The third-order valence-corrected chi connectivity index (χ3v) is 5.68. The van der Waals surface area contributed by atoms with Crippen LogP contribution in [0.5, 0.6) is 0 Å². The minimum absolute atomic E-state index is 0.0433. The van der Waals surface area contributed by atoms with Gasteiger partial charge in [0.1, 0.15) is 0 Å². The molecule has 158 valence electrons. The Morgan fingerprint density at radius 2 is 1.09 bits per heavy atom. The minimum Gasteiger partial charge on any atom is -0.480 e. The van der Waals surface area contributed by atoms with Crippen molar-refractivity contribution in [1.82, 2.24) is 0 Å². The lowest BCUT2D eigenvalue weighted by Gasteiger charge is -2.23. The van der Waals surface area contributed by atoms with E-state index in [0.29, 0.717) is 0 Å². The van der Waals surface area contributed by atoms with Crippen LogP contribution in [0.25, 0.3) is 27.1 Å². The Morgan fingerprint density at radius 3 is 1.47 bits per heavy atom. The highest BCUT2D eigenvalue weighted by Gasteiger charge is 2.44. The molecule has 0 atom stereocenters. The van der Waals surface area contributed by atoms with Crippen molar-refractivity contribution >= 4 is 39.1 Å². The van der Waals surface area contributed by atoms with Crippen LogP contribution in [0, 0.1) is 5.41 Å². The van der Waals surface area contributed by atoms with E-state index in [4.69, 9.17) is 10.2 Å². The van der Waals surface area contributed by atoms with Gasteiger partial charge in [0.15, 0.2) is 5.41 Å². The number of hydrogen-bond acceptors (Lipinski definition) is 2. The van der Waals surface area contributed by atoms with Crippen molar-refractivity contribution in [2.75, 3.05) is 0 Å². The second kappa shape index (κ2) is 8.90. The SMILES string of the molecule is O=C(O)C1(C(=O)O)C=CC(c2ccccc2)=CC1.c1ccc2cc3ccccc3cc2c1. The maximum atomic E-state index is 11.1. The first-order chi connectivity index (χ1) is 15.5. The summed E-state index contributed by atoms with van der Waals surface area (Å²) in [5.74, 6) is -2.68. The molecular weight excluding hydrogens is 400 g/mol. The number of allylic oxidation sites excluding steroid dienone is 3. The van der Waals surface area contributed by atoms with E-state index in [2.05, 4.69) is 60.7 Å². The van der Waals surface area contributed by atoms with E-state index < -0.39 is 17.4 Å². The van der Waals surface area contributed by atoms with Crippen LogP contribution in [0.2, 0.25) is 0 Å². The Balaban J connectivity index is 0.000000157. The minimum atomic E-state index is -1.84. The summed E-state index contributed by atoms with van der Waals surface area (Å²) in [6.07, 6.45) is 4.41. The van der Waals surface area contributed by atoms with Gasteiger partial charge in [-0.25, -0.2) is 0 Å². The summed E-state index contributed by atoms with van der Waals surface area (Å²) >= 11 is 0. The van der Waals surface area contributed by atoms with Crippen LogP contribution < -0.4 is 0 Å². The zero-order valence-corrected chi connectivity index (χ0v) is 17.3. The van der Waals surface area contributed by atoms with Crippen LogP contribution in [0.1, 0.15) is 12.0 Å². The molecule has 5 rings (SSSR count). The molecule has 0 saturated heterocycles. The van der Waals surface area contributed by atoms with Gasteiger partial charge in [0.2, 0.25) is 0 Å². The largest absolute Gasteiger partial charge is 0.480 e. The maximum absolute atomic E-state index is 11.1. The van der Waals surface area contributed by atoms with Crippen LogP contribution in [0.15, 0.2) is 109 Å². The number of rotatable bonds is 3. The van der Waals surface area contributed by atoms with Crippen LogP contribution in [0.4, 0.5) is 0 Å². The molecule has 1 aliphatic carbocycles. The molecule has 32 heavy (non-hydrogen) atoms. The molecule has 2 N–H and O–H groups in total. The molecule has 4 heteroatoms.